The van der Waals surface area contributed by atoms with Gasteiger partial charge in [-0.1, -0.05) is 42.5 Å². The topological polar surface area (TPSA) is 72.8 Å². The van der Waals surface area contributed by atoms with Crippen LogP contribution in [0.25, 0.3) is 12.2 Å². The summed E-state index contributed by atoms with van der Waals surface area (Å²) in [6, 6.07) is 14.0. The van der Waals surface area contributed by atoms with Crippen molar-refractivity contribution in [2.45, 2.75) is 0 Å². The summed E-state index contributed by atoms with van der Waals surface area (Å²) in [7, 11) is 1.44. The van der Waals surface area contributed by atoms with Crippen LogP contribution in [0.1, 0.15) is 11.1 Å². The van der Waals surface area contributed by atoms with Crippen molar-refractivity contribution in [2.24, 2.45) is 0 Å². The summed E-state index contributed by atoms with van der Waals surface area (Å²) in [5.41, 5.74) is 1.55. The van der Waals surface area contributed by atoms with E-state index in [1.165, 1.54) is 25.3 Å². The average molecular weight is 338 g/mol. The van der Waals surface area contributed by atoms with Gasteiger partial charge >= 0.3 is 5.97 Å². The molecule has 5 heteroatoms. The second-order valence-corrected chi connectivity index (χ2v) is 5.08. The van der Waals surface area contributed by atoms with E-state index in [9.17, 15) is 14.7 Å². The van der Waals surface area contributed by atoms with Crippen LogP contribution in [-0.4, -0.2) is 30.6 Å². The van der Waals surface area contributed by atoms with Gasteiger partial charge in [-0.2, -0.15) is 0 Å². The molecule has 0 radical (unpaired) electrons. The summed E-state index contributed by atoms with van der Waals surface area (Å²) in [5.74, 6) is -0.609. The molecule has 1 N–H and O–H groups in total. The number of hydrogen-bond acceptors (Lipinski definition) is 5. The normalized spacial score (nSPS) is 10.9. The minimum atomic E-state index is -0.586. The first-order chi connectivity index (χ1) is 12.1. The van der Waals surface area contributed by atoms with E-state index in [0.717, 1.165) is 5.56 Å². The van der Waals surface area contributed by atoms with E-state index in [0.29, 0.717) is 11.3 Å². The predicted octanol–water partition coefficient (Wildman–Crippen LogP) is 3.24. The molecule has 0 aromatic heterocycles. The Hall–Kier alpha value is -3.34. The van der Waals surface area contributed by atoms with Crippen molar-refractivity contribution in [1.29, 1.82) is 0 Å². The van der Waals surface area contributed by atoms with Gasteiger partial charge in [0.2, 0.25) is 0 Å². The van der Waals surface area contributed by atoms with Gasteiger partial charge in [-0.05, 0) is 35.4 Å². The van der Waals surface area contributed by atoms with Gasteiger partial charge in [0, 0.05) is 6.08 Å². The van der Waals surface area contributed by atoms with Crippen LogP contribution in [0.4, 0.5) is 0 Å². The maximum absolute atomic E-state index is 11.7. The van der Waals surface area contributed by atoms with E-state index in [-0.39, 0.29) is 18.1 Å². The maximum atomic E-state index is 11.7. The number of phenols is 1. The largest absolute Gasteiger partial charge is 0.504 e. The Morgan fingerprint density at radius 1 is 1.00 bits per heavy atom. The Labute approximate surface area is 145 Å². The van der Waals surface area contributed by atoms with Crippen LogP contribution in [0.5, 0.6) is 11.5 Å². The number of benzene rings is 2. The lowest BCUT2D eigenvalue weighted by atomic mass is 10.1. The molecular formula is C20H18O5. The molecule has 0 spiro atoms. The van der Waals surface area contributed by atoms with Gasteiger partial charge in [-0.3, -0.25) is 4.79 Å². The fraction of sp³-hybridized carbons (Fsp3) is 0.100. The number of ketones is 1. The Morgan fingerprint density at radius 2 is 1.72 bits per heavy atom. The molecule has 0 amide bonds. The Morgan fingerprint density at radius 3 is 2.44 bits per heavy atom. The molecule has 128 valence electrons. The molecule has 0 atom stereocenters. The number of phenolic OH excluding ortho intramolecular Hbond substituents is 1. The minimum Gasteiger partial charge on any atom is -0.504 e. The zero-order valence-electron chi connectivity index (χ0n) is 13.7. The van der Waals surface area contributed by atoms with Gasteiger partial charge in [0.05, 0.1) is 7.11 Å². The third-order valence-corrected chi connectivity index (χ3v) is 3.23. The molecule has 2 aromatic carbocycles. The maximum Gasteiger partial charge on any atom is 0.331 e. The molecule has 0 aliphatic heterocycles. The number of rotatable bonds is 7. The van der Waals surface area contributed by atoms with Crippen LogP contribution in [0, 0.1) is 0 Å². The van der Waals surface area contributed by atoms with Gasteiger partial charge in [0.25, 0.3) is 0 Å². The molecule has 5 nitrogen and oxygen atoms in total. The van der Waals surface area contributed by atoms with E-state index in [4.69, 9.17) is 9.47 Å². The highest BCUT2D eigenvalue weighted by Gasteiger charge is 2.03. The number of methoxy groups -OCH3 is 1. The molecule has 0 fully saturated rings. The SMILES string of the molecule is COc1cc(/C=C/C(=O)COC(=O)/C=C/c2ccccc2)ccc1O. The third-order valence-electron chi connectivity index (χ3n) is 3.23. The fourth-order valence-corrected chi connectivity index (χ4v) is 1.95. The number of hydrogen-bond donors (Lipinski definition) is 1. The van der Waals surface area contributed by atoms with E-state index in [2.05, 4.69) is 0 Å². The van der Waals surface area contributed by atoms with Crippen LogP contribution in [0.15, 0.2) is 60.7 Å². The van der Waals surface area contributed by atoms with E-state index in [1.54, 1.807) is 24.3 Å². The van der Waals surface area contributed by atoms with Crippen molar-refractivity contribution in [3.05, 3.63) is 71.8 Å². The molecule has 0 saturated heterocycles. The van der Waals surface area contributed by atoms with Crippen molar-refractivity contribution >= 4 is 23.9 Å². The van der Waals surface area contributed by atoms with Crippen LogP contribution >= 0.6 is 0 Å². The molecule has 0 aliphatic rings. The molecule has 0 saturated carbocycles. The van der Waals surface area contributed by atoms with Crippen molar-refractivity contribution < 1.29 is 24.2 Å². The van der Waals surface area contributed by atoms with Crippen LogP contribution in [0.2, 0.25) is 0 Å². The number of carbonyl (C=O) groups excluding carboxylic acids is 2. The summed E-state index contributed by atoms with van der Waals surface area (Å²) in [6.45, 7) is -0.344. The lowest BCUT2D eigenvalue weighted by molar-refractivity contribution is -0.141. The Bertz CT molecular complexity index is 791. The molecule has 0 bridgehead atoms. The third kappa shape index (κ3) is 5.99. The quantitative estimate of drug-likeness (QED) is 0.620. The van der Waals surface area contributed by atoms with Crippen LogP contribution in [0.3, 0.4) is 0 Å². The predicted molar refractivity (Wildman–Crippen MR) is 95.1 cm³/mol. The Kier molecular flexibility index (Phi) is 6.54. The zero-order chi connectivity index (χ0) is 18.1. The highest BCUT2D eigenvalue weighted by Crippen LogP contribution is 2.26. The minimum absolute atomic E-state index is 0.0186. The summed E-state index contributed by atoms with van der Waals surface area (Å²) in [4.78, 5) is 23.3. The molecule has 2 rings (SSSR count). The van der Waals surface area contributed by atoms with Gasteiger partial charge < -0.3 is 14.6 Å². The zero-order valence-corrected chi connectivity index (χ0v) is 13.7. The average Bonchev–Trinajstić information content (AvgIpc) is 2.64. The number of esters is 1. The highest BCUT2D eigenvalue weighted by atomic mass is 16.5. The van der Waals surface area contributed by atoms with E-state index < -0.39 is 5.97 Å². The molecule has 25 heavy (non-hydrogen) atoms. The monoisotopic (exact) mass is 338 g/mol. The van der Waals surface area contributed by atoms with Crippen LogP contribution in [-0.2, 0) is 14.3 Å². The van der Waals surface area contributed by atoms with Crippen molar-refractivity contribution in [2.75, 3.05) is 13.7 Å². The fourth-order valence-electron chi connectivity index (χ4n) is 1.95. The van der Waals surface area contributed by atoms with Gasteiger partial charge in [-0.15, -0.1) is 0 Å². The van der Waals surface area contributed by atoms with Crippen LogP contribution < -0.4 is 4.74 Å². The number of ether oxygens (including phenoxy) is 2. The lowest BCUT2D eigenvalue weighted by Gasteiger charge is -2.03. The van der Waals surface area contributed by atoms with E-state index >= 15 is 0 Å². The molecule has 0 heterocycles. The van der Waals surface area contributed by atoms with Gasteiger partial charge in [0.1, 0.15) is 0 Å². The second-order valence-electron chi connectivity index (χ2n) is 5.08. The number of carbonyl (C=O) groups is 2. The molecular weight excluding hydrogens is 320 g/mol. The van der Waals surface area contributed by atoms with E-state index in [1.807, 2.05) is 30.3 Å². The lowest BCUT2D eigenvalue weighted by Crippen LogP contribution is -2.09. The van der Waals surface area contributed by atoms with Crippen molar-refractivity contribution in [1.82, 2.24) is 0 Å². The highest BCUT2D eigenvalue weighted by molar-refractivity contribution is 5.96. The first kappa shape index (κ1) is 18.0. The number of aromatic hydroxyl groups is 1. The van der Waals surface area contributed by atoms with Gasteiger partial charge in [0.15, 0.2) is 23.9 Å². The Balaban J connectivity index is 1.84. The molecule has 0 unspecified atom stereocenters. The summed E-state index contributed by atoms with van der Waals surface area (Å²) in [6.07, 6.45) is 5.75. The molecule has 0 aliphatic carbocycles. The second kappa shape index (κ2) is 9.08. The first-order valence-electron chi connectivity index (χ1n) is 7.56. The summed E-state index contributed by atoms with van der Waals surface area (Å²) >= 11 is 0. The molecule has 2 aromatic rings. The smallest absolute Gasteiger partial charge is 0.331 e. The summed E-state index contributed by atoms with van der Waals surface area (Å²) < 4.78 is 9.88. The van der Waals surface area contributed by atoms with Crippen molar-refractivity contribution in [3.63, 3.8) is 0 Å². The van der Waals surface area contributed by atoms with Gasteiger partial charge in [-0.25, -0.2) is 4.79 Å². The standard InChI is InChI=1S/C20H18O5/c1-24-19-13-16(8-11-18(19)22)7-10-17(21)14-25-20(23)12-9-15-5-3-2-4-6-15/h2-13,22H,14H2,1H3/b10-7+,12-9+. The van der Waals surface area contributed by atoms with Crippen molar-refractivity contribution in [3.8, 4) is 11.5 Å². The first-order valence-corrected chi connectivity index (χ1v) is 7.56. The summed E-state index contributed by atoms with van der Waals surface area (Å²) in [5, 5.41) is 9.51.